The zero-order valence-corrected chi connectivity index (χ0v) is 8.70. The van der Waals surface area contributed by atoms with Gasteiger partial charge in [0, 0.05) is 18.2 Å². The highest BCUT2D eigenvalue weighted by Crippen LogP contribution is 2.04. The summed E-state index contributed by atoms with van der Waals surface area (Å²) in [6.07, 6.45) is 0.671. The quantitative estimate of drug-likeness (QED) is 0.729. The second-order valence-corrected chi connectivity index (χ2v) is 2.28. The highest BCUT2D eigenvalue weighted by atomic mass is 16.1. The Balaban J connectivity index is 0.000000791. The fourth-order valence-electron chi connectivity index (χ4n) is 0.941. The fourth-order valence-corrected chi connectivity index (χ4v) is 0.941. The van der Waals surface area contributed by atoms with E-state index in [4.69, 9.17) is 0 Å². The molecule has 0 aliphatic rings. The summed E-state index contributed by atoms with van der Waals surface area (Å²) in [6.45, 7) is 4.00. The Morgan fingerprint density at radius 3 is 2.36 bits per heavy atom. The van der Waals surface area contributed by atoms with E-state index < -0.39 is 0 Å². The molecule has 0 bridgehead atoms. The van der Waals surface area contributed by atoms with Gasteiger partial charge in [-0.2, -0.15) is 0 Å². The smallest absolute Gasteiger partial charge is 0.251 e. The maximum Gasteiger partial charge on any atom is 0.251 e. The molecule has 0 saturated carbocycles. The van der Waals surface area contributed by atoms with Crippen LogP contribution in [-0.4, -0.2) is 19.2 Å². The summed E-state index contributed by atoms with van der Waals surface area (Å²) in [5, 5.41) is 2.46. The highest BCUT2D eigenvalue weighted by molar-refractivity contribution is 6.01. The second kappa shape index (κ2) is 6.83. The molecule has 1 aromatic rings. The summed E-state index contributed by atoms with van der Waals surface area (Å²) < 4.78 is 0. The van der Waals surface area contributed by atoms with Gasteiger partial charge in [0.05, 0.1) is 0 Å². The molecule has 0 fully saturated rings. The van der Waals surface area contributed by atoms with Crippen molar-refractivity contribution in [2.24, 2.45) is 0 Å². The SMILES string of the molecule is CC.CNC(=O)c1ccccc1C=O. The van der Waals surface area contributed by atoms with Gasteiger partial charge in [-0.3, -0.25) is 9.59 Å². The van der Waals surface area contributed by atoms with Gasteiger partial charge in [-0.15, -0.1) is 0 Å². The minimum absolute atomic E-state index is 0.238. The normalized spacial score (nSPS) is 8.21. The monoisotopic (exact) mass is 193 g/mol. The zero-order valence-electron chi connectivity index (χ0n) is 8.70. The molecular formula is C11H15NO2. The van der Waals surface area contributed by atoms with Gasteiger partial charge >= 0.3 is 0 Å². The Bertz CT molecular complexity index is 308. The number of aldehydes is 1. The van der Waals surface area contributed by atoms with E-state index in [1.165, 1.54) is 7.05 Å². The van der Waals surface area contributed by atoms with Gasteiger partial charge in [0.15, 0.2) is 6.29 Å². The third-order valence-electron chi connectivity index (χ3n) is 1.56. The average molecular weight is 193 g/mol. The molecule has 0 heterocycles. The van der Waals surface area contributed by atoms with E-state index >= 15 is 0 Å². The number of carbonyl (C=O) groups excluding carboxylic acids is 2. The van der Waals surface area contributed by atoms with Crippen LogP contribution in [0, 0.1) is 0 Å². The van der Waals surface area contributed by atoms with Gasteiger partial charge in [0.1, 0.15) is 0 Å². The van der Waals surface area contributed by atoms with Gasteiger partial charge in [0.25, 0.3) is 5.91 Å². The first kappa shape index (κ1) is 12.4. The number of carbonyl (C=O) groups is 2. The lowest BCUT2D eigenvalue weighted by Crippen LogP contribution is -2.19. The van der Waals surface area contributed by atoms with Crippen LogP contribution >= 0.6 is 0 Å². The second-order valence-electron chi connectivity index (χ2n) is 2.28. The van der Waals surface area contributed by atoms with E-state index in [1.807, 2.05) is 13.8 Å². The summed E-state index contributed by atoms with van der Waals surface area (Å²) in [7, 11) is 1.53. The third-order valence-corrected chi connectivity index (χ3v) is 1.56. The van der Waals surface area contributed by atoms with Gasteiger partial charge < -0.3 is 5.32 Å². The molecule has 0 spiro atoms. The molecule has 1 aromatic carbocycles. The molecule has 1 N–H and O–H groups in total. The first-order valence-corrected chi connectivity index (χ1v) is 4.56. The lowest BCUT2D eigenvalue weighted by molar-refractivity contribution is 0.0957. The largest absolute Gasteiger partial charge is 0.355 e. The van der Waals surface area contributed by atoms with Crippen LogP contribution in [0.4, 0.5) is 0 Å². The Kier molecular flexibility index (Phi) is 6.03. The molecule has 0 atom stereocenters. The van der Waals surface area contributed by atoms with Crippen molar-refractivity contribution in [1.82, 2.24) is 5.32 Å². The molecule has 3 nitrogen and oxygen atoms in total. The minimum Gasteiger partial charge on any atom is -0.355 e. The summed E-state index contributed by atoms with van der Waals surface area (Å²) >= 11 is 0. The predicted molar refractivity (Wildman–Crippen MR) is 56.6 cm³/mol. The van der Waals surface area contributed by atoms with Crippen molar-refractivity contribution in [2.45, 2.75) is 13.8 Å². The van der Waals surface area contributed by atoms with Crippen LogP contribution in [0.15, 0.2) is 24.3 Å². The van der Waals surface area contributed by atoms with Crippen LogP contribution in [0.5, 0.6) is 0 Å². The van der Waals surface area contributed by atoms with Crippen LogP contribution < -0.4 is 5.32 Å². The first-order chi connectivity index (χ1) is 6.79. The minimum atomic E-state index is -0.238. The molecular weight excluding hydrogens is 178 g/mol. The molecule has 0 saturated heterocycles. The maximum absolute atomic E-state index is 11.1. The molecule has 0 radical (unpaired) electrons. The number of hydrogen-bond acceptors (Lipinski definition) is 2. The van der Waals surface area contributed by atoms with E-state index in [1.54, 1.807) is 24.3 Å². The van der Waals surface area contributed by atoms with Gasteiger partial charge in [0.2, 0.25) is 0 Å². The van der Waals surface area contributed by atoms with Crippen molar-refractivity contribution in [3.63, 3.8) is 0 Å². The molecule has 0 aliphatic heterocycles. The number of rotatable bonds is 2. The topological polar surface area (TPSA) is 46.2 Å². The highest BCUT2D eigenvalue weighted by Gasteiger charge is 2.06. The van der Waals surface area contributed by atoms with E-state index in [9.17, 15) is 9.59 Å². The van der Waals surface area contributed by atoms with Crippen LogP contribution in [0.2, 0.25) is 0 Å². The molecule has 0 aliphatic carbocycles. The van der Waals surface area contributed by atoms with Crippen molar-refractivity contribution in [3.05, 3.63) is 35.4 Å². The van der Waals surface area contributed by atoms with Crippen molar-refractivity contribution < 1.29 is 9.59 Å². The van der Waals surface area contributed by atoms with E-state index in [2.05, 4.69) is 5.32 Å². The van der Waals surface area contributed by atoms with Crippen LogP contribution in [0.25, 0.3) is 0 Å². The lowest BCUT2D eigenvalue weighted by Gasteiger charge is -2.00. The molecule has 1 amide bonds. The Morgan fingerprint density at radius 1 is 1.29 bits per heavy atom. The maximum atomic E-state index is 11.1. The van der Waals surface area contributed by atoms with Crippen molar-refractivity contribution in [3.8, 4) is 0 Å². The van der Waals surface area contributed by atoms with E-state index in [-0.39, 0.29) is 5.91 Å². The Morgan fingerprint density at radius 2 is 1.86 bits per heavy atom. The molecule has 0 unspecified atom stereocenters. The Labute approximate surface area is 84.1 Å². The van der Waals surface area contributed by atoms with Crippen LogP contribution in [0.1, 0.15) is 34.6 Å². The van der Waals surface area contributed by atoms with Gasteiger partial charge in [-0.05, 0) is 6.07 Å². The fraction of sp³-hybridized carbons (Fsp3) is 0.273. The van der Waals surface area contributed by atoms with Crippen molar-refractivity contribution >= 4 is 12.2 Å². The van der Waals surface area contributed by atoms with E-state index in [0.29, 0.717) is 17.4 Å². The standard InChI is InChI=1S/C9H9NO2.C2H6/c1-10-9(12)8-5-3-2-4-7(8)6-11;1-2/h2-6H,1H3,(H,10,12);1-2H3. The molecule has 1 rings (SSSR count). The third kappa shape index (κ3) is 3.01. The van der Waals surface area contributed by atoms with Crippen LogP contribution in [0.3, 0.4) is 0 Å². The molecule has 3 heteroatoms. The molecule has 0 aromatic heterocycles. The summed E-state index contributed by atoms with van der Waals surface area (Å²) in [6, 6.07) is 6.66. The van der Waals surface area contributed by atoms with Gasteiger partial charge in [-0.25, -0.2) is 0 Å². The molecule has 14 heavy (non-hydrogen) atoms. The predicted octanol–water partition coefficient (Wildman–Crippen LogP) is 1.88. The Hall–Kier alpha value is -1.64. The molecule has 76 valence electrons. The average Bonchev–Trinajstić information content (AvgIpc) is 2.30. The van der Waals surface area contributed by atoms with Gasteiger partial charge in [-0.1, -0.05) is 32.0 Å². The van der Waals surface area contributed by atoms with Crippen molar-refractivity contribution in [1.29, 1.82) is 0 Å². The zero-order chi connectivity index (χ0) is 11.0. The van der Waals surface area contributed by atoms with E-state index in [0.717, 1.165) is 0 Å². The summed E-state index contributed by atoms with van der Waals surface area (Å²) in [5.74, 6) is -0.238. The number of amides is 1. The summed E-state index contributed by atoms with van der Waals surface area (Å²) in [5.41, 5.74) is 0.826. The van der Waals surface area contributed by atoms with Crippen molar-refractivity contribution in [2.75, 3.05) is 7.05 Å². The number of nitrogens with one attached hydrogen (secondary N) is 1. The summed E-state index contributed by atoms with van der Waals surface area (Å²) in [4.78, 5) is 21.6. The lowest BCUT2D eigenvalue weighted by atomic mass is 10.1. The number of benzene rings is 1. The van der Waals surface area contributed by atoms with Crippen LogP contribution in [-0.2, 0) is 0 Å². The first-order valence-electron chi connectivity index (χ1n) is 4.56. The number of hydrogen-bond donors (Lipinski definition) is 1.